The molecule has 0 amide bonds. The van der Waals surface area contributed by atoms with E-state index < -0.39 is 0 Å². The van der Waals surface area contributed by atoms with Gasteiger partial charge in [-0.3, -0.25) is 0 Å². The Morgan fingerprint density at radius 1 is 1.09 bits per heavy atom. The highest BCUT2D eigenvalue weighted by atomic mass is 79.9. The summed E-state index contributed by atoms with van der Waals surface area (Å²) in [7, 11) is 0. The van der Waals surface area contributed by atoms with Gasteiger partial charge in [-0.2, -0.15) is 0 Å². The van der Waals surface area contributed by atoms with Crippen LogP contribution in [0.15, 0.2) is 0 Å². The number of hydrogen-bond donors (Lipinski definition) is 0. The standard InChI is InChI=1S/C10H21Br/c1-4-10(11)8-6-5-7-9(2)3/h9-10H,4-8H2,1-3H3. The van der Waals surface area contributed by atoms with Gasteiger partial charge in [-0.05, 0) is 18.8 Å². The van der Waals surface area contributed by atoms with Gasteiger partial charge >= 0.3 is 0 Å². The minimum atomic E-state index is 0.759. The molecule has 0 bridgehead atoms. The summed E-state index contributed by atoms with van der Waals surface area (Å²) in [5.41, 5.74) is 0. The molecule has 0 aliphatic carbocycles. The third kappa shape index (κ3) is 8.39. The zero-order valence-electron chi connectivity index (χ0n) is 8.07. The van der Waals surface area contributed by atoms with Crippen molar-refractivity contribution in [3.63, 3.8) is 0 Å². The van der Waals surface area contributed by atoms with Crippen LogP contribution in [0.5, 0.6) is 0 Å². The molecule has 0 rings (SSSR count). The minimum Gasteiger partial charge on any atom is -0.0891 e. The van der Waals surface area contributed by atoms with Gasteiger partial charge in [0.2, 0.25) is 0 Å². The Morgan fingerprint density at radius 2 is 1.64 bits per heavy atom. The Balaban J connectivity index is 3.01. The number of hydrogen-bond acceptors (Lipinski definition) is 0. The second kappa shape index (κ2) is 7.15. The highest BCUT2D eigenvalue weighted by Crippen LogP contribution is 2.15. The van der Waals surface area contributed by atoms with Crippen LogP contribution < -0.4 is 0 Å². The lowest BCUT2D eigenvalue weighted by Gasteiger charge is -2.07. The summed E-state index contributed by atoms with van der Waals surface area (Å²) in [6.45, 7) is 6.83. The summed E-state index contributed by atoms with van der Waals surface area (Å²) in [6.07, 6.45) is 6.80. The summed E-state index contributed by atoms with van der Waals surface area (Å²) in [5, 5.41) is 0. The van der Waals surface area contributed by atoms with E-state index in [9.17, 15) is 0 Å². The Kier molecular flexibility index (Phi) is 7.46. The lowest BCUT2D eigenvalue weighted by Crippen LogP contribution is -1.95. The van der Waals surface area contributed by atoms with Gasteiger partial charge < -0.3 is 0 Å². The summed E-state index contributed by atoms with van der Waals surface area (Å²) >= 11 is 3.64. The van der Waals surface area contributed by atoms with E-state index in [1.54, 1.807) is 0 Å². The number of alkyl halides is 1. The first-order valence-corrected chi connectivity index (χ1v) is 5.72. The van der Waals surface area contributed by atoms with Crippen LogP contribution in [0, 0.1) is 5.92 Å². The first-order valence-electron chi connectivity index (χ1n) is 4.80. The maximum absolute atomic E-state index is 3.64. The van der Waals surface area contributed by atoms with Crippen LogP contribution in [0.2, 0.25) is 0 Å². The molecule has 0 saturated carbocycles. The number of rotatable bonds is 6. The van der Waals surface area contributed by atoms with Crippen LogP contribution in [0.1, 0.15) is 52.9 Å². The maximum atomic E-state index is 3.64. The lowest BCUT2D eigenvalue weighted by molar-refractivity contribution is 0.523. The summed E-state index contributed by atoms with van der Waals surface area (Å²) in [4.78, 5) is 0.759. The Hall–Kier alpha value is 0.480. The molecule has 0 heterocycles. The quantitative estimate of drug-likeness (QED) is 0.461. The van der Waals surface area contributed by atoms with Crippen molar-refractivity contribution in [1.82, 2.24) is 0 Å². The van der Waals surface area contributed by atoms with E-state index in [0.29, 0.717) is 0 Å². The molecule has 68 valence electrons. The fourth-order valence-corrected chi connectivity index (χ4v) is 1.45. The molecule has 0 N–H and O–H groups in total. The predicted molar refractivity (Wildman–Crippen MR) is 56.3 cm³/mol. The molecule has 0 aromatic carbocycles. The highest BCUT2D eigenvalue weighted by molar-refractivity contribution is 9.09. The van der Waals surface area contributed by atoms with E-state index in [0.717, 1.165) is 10.7 Å². The predicted octanol–water partition coefficient (Wildman–Crippen LogP) is 4.38. The van der Waals surface area contributed by atoms with Crippen molar-refractivity contribution in [2.45, 2.75) is 57.7 Å². The zero-order chi connectivity index (χ0) is 8.69. The van der Waals surface area contributed by atoms with E-state index in [4.69, 9.17) is 0 Å². The molecule has 0 aromatic rings. The van der Waals surface area contributed by atoms with Crippen molar-refractivity contribution in [2.75, 3.05) is 0 Å². The first-order chi connectivity index (χ1) is 5.16. The maximum Gasteiger partial charge on any atom is 0.0143 e. The molecule has 0 aliphatic heterocycles. The van der Waals surface area contributed by atoms with Crippen LogP contribution >= 0.6 is 15.9 Å². The van der Waals surface area contributed by atoms with Crippen LogP contribution in [-0.4, -0.2) is 4.83 Å². The summed E-state index contributed by atoms with van der Waals surface area (Å²) in [6, 6.07) is 0. The van der Waals surface area contributed by atoms with E-state index >= 15 is 0 Å². The zero-order valence-corrected chi connectivity index (χ0v) is 9.65. The molecule has 1 heteroatoms. The van der Waals surface area contributed by atoms with Crippen LogP contribution in [-0.2, 0) is 0 Å². The monoisotopic (exact) mass is 220 g/mol. The van der Waals surface area contributed by atoms with Crippen molar-refractivity contribution in [3.05, 3.63) is 0 Å². The van der Waals surface area contributed by atoms with Gasteiger partial charge in [-0.1, -0.05) is 56.0 Å². The molecule has 0 aromatic heterocycles. The largest absolute Gasteiger partial charge is 0.0891 e. The molecule has 1 atom stereocenters. The molecule has 0 saturated heterocycles. The van der Waals surface area contributed by atoms with Crippen molar-refractivity contribution >= 4 is 15.9 Å². The molecule has 1 unspecified atom stereocenters. The van der Waals surface area contributed by atoms with E-state index in [1.165, 1.54) is 32.1 Å². The molecule has 0 nitrogen and oxygen atoms in total. The topological polar surface area (TPSA) is 0 Å². The SMILES string of the molecule is CCC(Br)CCCCC(C)C. The summed E-state index contributed by atoms with van der Waals surface area (Å²) in [5.74, 6) is 0.880. The third-order valence-corrected chi connectivity index (χ3v) is 3.10. The molecule has 0 spiro atoms. The minimum absolute atomic E-state index is 0.759. The van der Waals surface area contributed by atoms with Crippen molar-refractivity contribution < 1.29 is 0 Å². The van der Waals surface area contributed by atoms with Crippen molar-refractivity contribution in [3.8, 4) is 0 Å². The Bertz CT molecular complexity index is 78.9. The van der Waals surface area contributed by atoms with Gasteiger partial charge in [0.1, 0.15) is 0 Å². The molecule has 11 heavy (non-hydrogen) atoms. The van der Waals surface area contributed by atoms with E-state index in [2.05, 4.69) is 36.7 Å². The lowest BCUT2D eigenvalue weighted by atomic mass is 10.0. The average molecular weight is 221 g/mol. The Labute approximate surface area is 79.9 Å². The summed E-state index contributed by atoms with van der Waals surface area (Å²) < 4.78 is 0. The Morgan fingerprint density at radius 3 is 2.09 bits per heavy atom. The normalized spacial score (nSPS) is 13.9. The second-order valence-electron chi connectivity index (χ2n) is 3.68. The average Bonchev–Trinajstić information content (AvgIpc) is 1.97. The number of unbranched alkanes of at least 4 members (excludes halogenated alkanes) is 1. The van der Waals surface area contributed by atoms with Gasteiger partial charge in [0.05, 0.1) is 0 Å². The van der Waals surface area contributed by atoms with Crippen LogP contribution in [0.3, 0.4) is 0 Å². The van der Waals surface area contributed by atoms with Crippen LogP contribution in [0.25, 0.3) is 0 Å². The van der Waals surface area contributed by atoms with Gasteiger partial charge in [-0.25, -0.2) is 0 Å². The van der Waals surface area contributed by atoms with Crippen molar-refractivity contribution in [1.29, 1.82) is 0 Å². The highest BCUT2D eigenvalue weighted by Gasteiger charge is 2.00. The fourth-order valence-electron chi connectivity index (χ4n) is 1.12. The van der Waals surface area contributed by atoms with Gasteiger partial charge in [0.15, 0.2) is 0 Å². The molecular weight excluding hydrogens is 200 g/mol. The molecule has 0 fully saturated rings. The smallest absolute Gasteiger partial charge is 0.0143 e. The number of halogens is 1. The molecule has 0 aliphatic rings. The molecule has 0 radical (unpaired) electrons. The fraction of sp³-hybridized carbons (Fsp3) is 1.00. The first kappa shape index (κ1) is 11.5. The van der Waals surface area contributed by atoms with E-state index in [-0.39, 0.29) is 0 Å². The van der Waals surface area contributed by atoms with Crippen LogP contribution in [0.4, 0.5) is 0 Å². The molecular formula is C10H21Br. The van der Waals surface area contributed by atoms with Gasteiger partial charge in [0.25, 0.3) is 0 Å². The van der Waals surface area contributed by atoms with Crippen molar-refractivity contribution in [2.24, 2.45) is 5.92 Å². The van der Waals surface area contributed by atoms with Gasteiger partial charge in [0, 0.05) is 4.83 Å². The third-order valence-electron chi connectivity index (χ3n) is 1.99. The second-order valence-corrected chi connectivity index (χ2v) is 4.98. The van der Waals surface area contributed by atoms with Gasteiger partial charge in [-0.15, -0.1) is 0 Å². The van der Waals surface area contributed by atoms with E-state index in [1.807, 2.05) is 0 Å².